The van der Waals surface area contributed by atoms with Crippen molar-refractivity contribution in [2.24, 2.45) is 5.73 Å². The van der Waals surface area contributed by atoms with E-state index in [0.29, 0.717) is 19.6 Å². The molecule has 1 aromatic heterocycles. The number of nitrogens with one attached hydrogen (secondary N) is 1. The Morgan fingerprint density at radius 3 is 2.62 bits per heavy atom. The maximum absolute atomic E-state index is 12.2. The van der Waals surface area contributed by atoms with Crippen molar-refractivity contribution in [2.45, 2.75) is 32.9 Å². The molecule has 1 aliphatic heterocycles. The largest absolute Gasteiger partial charge is 0.444 e. The number of amides is 1. The molecule has 7 nitrogen and oxygen atoms in total. The number of aromatic amines is 1. The first-order chi connectivity index (χ1) is 11.4. The number of rotatable bonds is 2. The topological polar surface area (TPSA) is 87.5 Å². The van der Waals surface area contributed by atoms with E-state index in [1.54, 1.807) is 4.90 Å². The number of nitrogens with zero attached hydrogens (tertiary/aromatic N) is 3. The second-order valence-corrected chi connectivity index (χ2v) is 7.02. The Labute approximate surface area is 141 Å². The van der Waals surface area contributed by atoms with Crippen molar-refractivity contribution in [3.8, 4) is 0 Å². The van der Waals surface area contributed by atoms with Gasteiger partial charge in [0.15, 0.2) is 0 Å². The Balaban J connectivity index is 1.71. The number of imidazole rings is 1. The quantitative estimate of drug-likeness (QED) is 0.880. The summed E-state index contributed by atoms with van der Waals surface area (Å²) in [6, 6.07) is 6.07. The van der Waals surface area contributed by atoms with Crippen LogP contribution < -0.4 is 10.6 Å². The molecule has 0 saturated carbocycles. The van der Waals surface area contributed by atoms with Crippen molar-refractivity contribution >= 4 is 22.8 Å². The van der Waals surface area contributed by atoms with Gasteiger partial charge in [-0.05, 0) is 32.9 Å². The lowest BCUT2D eigenvalue weighted by Crippen LogP contribution is -2.50. The van der Waals surface area contributed by atoms with E-state index in [9.17, 15) is 4.79 Å². The normalized spacial score (nSPS) is 15.8. The first-order valence-corrected chi connectivity index (χ1v) is 8.28. The summed E-state index contributed by atoms with van der Waals surface area (Å²) in [4.78, 5) is 24.0. The van der Waals surface area contributed by atoms with Gasteiger partial charge in [-0.1, -0.05) is 6.07 Å². The van der Waals surface area contributed by atoms with Crippen molar-refractivity contribution < 1.29 is 9.53 Å². The minimum absolute atomic E-state index is 0.245. The summed E-state index contributed by atoms with van der Waals surface area (Å²) in [7, 11) is 0. The number of carbonyl (C=O) groups excluding carboxylic acids is 1. The van der Waals surface area contributed by atoms with Gasteiger partial charge in [0.1, 0.15) is 16.9 Å². The van der Waals surface area contributed by atoms with E-state index in [2.05, 4.69) is 20.9 Å². The van der Waals surface area contributed by atoms with Crippen molar-refractivity contribution in [1.29, 1.82) is 0 Å². The number of H-pyrrole nitrogens is 1. The zero-order valence-electron chi connectivity index (χ0n) is 14.5. The first kappa shape index (κ1) is 16.6. The van der Waals surface area contributed by atoms with Crippen LogP contribution in [0.15, 0.2) is 18.2 Å². The molecule has 2 heterocycles. The SMILES string of the molecule is CC(C)(C)OC(=O)N1CCN(c2cccc3[nH]c(CN)nc23)CC1. The summed E-state index contributed by atoms with van der Waals surface area (Å²) < 4.78 is 5.44. The monoisotopic (exact) mass is 331 g/mol. The predicted octanol–water partition coefficient (Wildman–Crippen LogP) is 2.08. The third-order valence-corrected chi connectivity index (χ3v) is 4.01. The molecule has 3 N–H and O–H groups in total. The summed E-state index contributed by atoms with van der Waals surface area (Å²) in [6.07, 6.45) is -0.245. The Morgan fingerprint density at radius 1 is 1.29 bits per heavy atom. The highest BCUT2D eigenvalue weighted by Crippen LogP contribution is 2.26. The van der Waals surface area contributed by atoms with Crippen LogP contribution in [0.25, 0.3) is 11.0 Å². The molecule has 0 bridgehead atoms. The molecule has 0 spiro atoms. The molecule has 130 valence electrons. The standard InChI is InChI=1S/C17H25N5O2/c1-17(2,3)24-16(23)22-9-7-21(8-10-22)13-6-4-5-12-15(13)20-14(11-18)19-12/h4-6H,7-11,18H2,1-3H3,(H,19,20). The van der Waals surface area contributed by atoms with Gasteiger partial charge < -0.3 is 25.3 Å². The first-order valence-electron chi connectivity index (χ1n) is 8.28. The van der Waals surface area contributed by atoms with Gasteiger partial charge in [-0.3, -0.25) is 0 Å². The van der Waals surface area contributed by atoms with Gasteiger partial charge in [-0.15, -0.1) is 0 Å². The third kappa shape index (κ3) is 3.46. The average Bonchev–Trinajstić information content (AvgIpc) is 2.96. The zero-order valence-corrected chi connectivity index (χ0v) is 14.5. The van der Waals surface area contributed by atoms with E-state index >= 15 is 0 Å². The molecule has 1 aliphatic rings. The van der Waals surface area contributed by atoms with E-state index in [0.717, 1.165) is 35.6 Å². The number of hydrogen-bond acceptors (Lipinski definition) is 5. The van der Waals surface area contributed by atoms with E-state index in [1.807, 2.05) is 32.9 Å². The molecule has 0 radical (unpaired) electrons. The molecule has 2 aromatic rings. The molecule has 1 amide bonds. The second-order valence-electron chi connectivity index (χ2n) is 7.02. The third-order valence-electron chi connectivity index (χ3n) is 4.01. The molecule has 3 rings (SSSR count). The van der Waals surface area contributed by atoms with Crippen LogP contribution in [0.1, 0.15) is 26.6 Å². The van der Waals surface area contributed by atoms with Crippen LogP contribution in [-0.2, 0) is 11.3 Å². The van der Waals surface area contributed by atoms with Crippen molar-refractivity contribution in [2.75, 3.05) is 31.1 Å². The van der Waals surface area contributed by atoms with Gasteiger partial charge in [0.2, 0.25) is 0 Å². The van der Waals surface area contributed by atoms with Gasteiger partial charge in [0.05, 0.1) is 17.7 Å². The molecule has 0 atom stereocenters. The molecular formula is C17H25N5O2. The summed E-state index contributed by atoms with van der Waals surface area (Å²) in [5.74, 6) is 0.782. The van der Waals surface area contributed by atoms with E-state index in [1.165, 1.54) is 0 Å². The van der Waals surface area contributed by atoms with Crippen LogP contribution >= 0.6 is 0 Å². The minimum Gasteiger partial charge on any atom is -0.444 e. The Kier molecular flexibility index (Phi) is 4.36. The molecule has 1 aromatic carbocycles. The number of piperazine rings is 1. The highest BCUT2D eigenvalue weighted by Gasteiger charge is 2.26. The van der Waals surface area contributed by atoms with Crippen molar-refractivity contribution in [3.63, 3.8) is 0 Å². The van der Waals surface area contributed by atoms with E-state index < -0.39 is 5.60 Å². The van der Waals surface area contributed by atoms with Gasteiger partial charge in [0.25, 0.3) is 0 Å². The van der Waals surface area contributed by atoms with E-state index in [4.69, 9.17) is 10.5 Å². The zero-order chi connectivity index (χ0) is 17.3. The number of aromatic nitrogens is 2. The molecule has 1 saturated heterocycles. The lowest BCUT2D eigenvalue weighted by Gasteiger charge is -2.36. The molecule has 1 fully saturated rings. The Hall–Kier alpha value is -2.28. The number of nitrogens with two attached hydrogens (primary N) is 1. The van der Waals surface area contributed by atoms with Crippen LogP contribution in [-0.4, -0.2) is 52.7 Å². The number of hydrogen-bond donors (Lipinski definition) is 2. The molecule has 0 unspecified atom stereocenters. The number of anilines is 1. The maximum atomic E-state index is 12.2. The van der Waals surface area contributed by atoms with Gasteiger partial charge in [-0.25, -0.2) is 9.78 Å². The Bertz CT molecular complexity index is 726. The fourth-order valence-corrected chi connectivity index (χ4v) is 2.88. The van der Waals surface area contributed by atoms with Crippen molar-refractivity contribution in [3.05, 3.63) is 24.0 Å². The van der Waals surface area contributed by atoms with Gasteiger partial charge in [0, 0.05) is 26.2 Å². The average molecular weight is 331 g/mol. The van der Waals surface area contributed by atoms with Crippen LogP contribution in [0.4, 0.5) is 10.5 Å². The lowest BCUT2D eigenvalue weighted by atomic mass is 10.2. The fourth-order valence-electron chi connectivity index (χ4n) is 2.88. The van der Waals surface area contributed by atoms with Crippen molar-refractivity contribution in [1.82, 2.24) is 14.9 Å². The molecule has 0 aliphatic carbocycles. The molecular weight excluding hydrogens is 306 g/mol. The molecule has 7 heteroatoms. The Morgan fingerprint density at radius 2 is 2.00 bits per heavy atom. The van der Waals surface area contributed by atoms with Crippen LogP contribution in [0.3, 0.4) is 0 Å². The number of ether oxygens (including phenoxy) is 1. The summed E-state index contributed by atoms with van der Waals surface area (Å²) in [5.41, 5.74) is 8.21. The highest BCUT2D eigenvalue weighted by molar-refractivity contribution is 5.89. The predicted molar refractivity (Wildman–Crippen MR) is 94.0 cm³/mol. The van der Waals surface area contributed by atoms with Gasteiger partial charge >= 0.3 is 6.09 Å². The highest BCUT2D eigenvalue weighted by atomic mass is 16.6. The summed E-state index contributed by atoms with van der Waals surface area (Å²) in [6.45, 7) is 8.82. The van der Waals surface area contributed by atoms with Crippen LogP contribution in [0, 0.1) is 0 Å². The maximum Gasteiger partial charge on any atom is 0.410 e. The number of benzene rings is 1. The fraction of sp³-hybridized carbons (Fsp3) is 0.529. The minimum atomic E-state index is -0.465. The molecule has 24 heavy (non-hydrogen) atoms. The number of para-hydroxylation sites is 1. The van der Waals surface area contributed by atoms with Crippen LogP contribution in [0.2, 0.25) is 0 Å². The summed E-state index contributed by atoms with van der Waals surface area (Å²) in [5, 5.41) is 0. The number of carbonyl (C=O) groups is 1. The van der Waals surface area contributed by atoms with Crippen LogP contribution in [0.5, 0.6) is 0 Å². The smallest absolute Gasteiger partial charge is 0.410 e. The van der Waals surface area contributed by atoms with Gasteiger partial charge in [-0.2, -0.15) is 0 Å². The second kappa shape index (κ2) is 6.32. The van der Waals surface area contributed by atoms with E-state index in [-0.39, 0.29) is 6.09 Å². The lowest BCUT2D eigenvalue weighted by molar-refractivity contribution is 0.0241. The number of fused-ring (bicyclic) bond motifs is 1. The summed E-state index contributed by atoms with van der Waals surface area (Å²) >= 11 is 0.